The quantitative estimate of drug-likeness (QED) is 0.737. The van der Waals surface area contributed by atoms with Crippen LogP contribution in [0.5, 0.6) is 0 Å². The molecule has 1 aliphatic rings. The molecule has 1 aromatic carbocycles. The summed E-state index contributed by atoms with van der Waals surface area (Å²) in [6.45, 7) is 0. The first kappa shape index (κ1) is 8.56. The summed E-state index contributed by atoms with van der Waals surface area (Å²) in [5, 5.41) is 3.24. The minimum absolute atomic E-state index is 0.300. The van der Waals surface area contributed by atoms with Gasteiger partial charge in [-0.2, -0.15) is 0 Å². The van der Waals surface area contributed by atoms with Crippen LogP contribution in [0.2, 0.25) is 0 Å². The molecule has 1 unspecified atom stereocenters. The van der Waals surface area contributed by atoms with Crippen LogP contribution in [0.1, 0.15) is 11.6 Å². The SMILES string of the molecule is CN1C=CC(c2ccc3[nH]ccc3c2)N1. The summed E-state index contributed by atoms with van der Waals surface area (Å²) >= 11 is 0. The second-order valence-electron chi connectivity index (χ2n) is 3.88. The highest BCUT2D eigenvalue weighted by Crippen LogP contribution is 2.22. The summed E-state index contributed by atoms with van der Waals surface area (Å²) in [7, 11) is 2.01. The van der Waals surface area contributed by atoms with Crippen molar-refractivity contribution in [1.29, 1.82) is 0 Å². The van der Waals surface area contributed by atoms with Crippen LogP contribution in [0.25, 0.3) is 10.9 Å². The lowest BCUT2D eigenvalue weighted by atomic mass is 10.1. The van der Waals surface area contributed by atoms with E-state index in [4.69, 9.17) is 0 Å². The fourth-order valence-corrected chi connectivity index (χ4v) is 1.97. The van der Waals surface area contributed by atoms with E-state index >= 15 is 0 Å². The normalized spacial score (nSPS) is 20.3. The van der Waals surface area contributed by atoms with Crippen molar-refractivity contribution in [1.82, 2.24) is 15.4 Å². The third kappa shape index (κ3) is 1.41. The number of aromatic amines is 1. The zero-order chi connectivity index (χ0) is 10.3. The lowest BCUT2D eigenvalue weighted by Crippen LogP contribution is -2.26. The molecule has 2 aromatic rings. The molecular weight excluding hydrogens is 186 g/mol. The molecule has 0 radical (unpaired) electrons. The van der Waals surface area contributed by atoms with E-state index in [2.05, 4.69) is 40.8 Å². The van der Waals surface area contributed by atoms with Crippen molar-refractivity contribution in [3.8, 4) is 0 Å². The monoisotopic (exact) mass is 199 g/mol. The number of hydrogen-bond donors (Lipinski definition) is 2. The number of H-pyrrole nitrogens is 1. The van der Waals surface area contributed by atoms with Crippen molar-refractivity contribution in [3.05, 3.63) is 48.3 Å². The lowest BCUT2D eigenvalue weighted by molar-refractivity contribution is 0.333. The van der Waals surface area contributed by atoms with Crippen LogP contribution < -0.4 is 5.43 Å². The van der Waals surface area contributed by atoms with Crippen LogP contribution in [0, 0.1) is 0 Å². The molecular formula is C12H13N3. The van der Waals surface area contributed by atoms with E-state index in [9.17, 15) is 0 Å². The van der Waals surface area contributed by atoms with Gasteiger partial charge < -0.3 is 9.99 Å². The Morgan fingerprint density at radius 1 is 1.27 bits per heavy atom. The number of hydrazine groups is 1. The number of aromatic nitrogens is 1. The molecule has 2 heterocycles. The van der Waals surface area contributed by atoms with Crippen LogP contribution in [-0.4, -0.2) is 17.0 Å². The molecule has 0 spiro atoms. The van der Waals surface area contributed by atoms with E-state index in [-0.39, 0.29) is 0 Å². The first-order valence-electron chi connectivity index (χ1n) is 5.07. The minimum Gasteiger partial charge on any atom is -0.361 e. The Balaban J connectivity index is 2.01. The Kier molecular flexibility index (Phi) is 1.79. The highest BCUT2D eigenvalue weighted by Gasteiger charge is 2.14. The lowest BCUT2D eigenvalue weighted by Gasteiger charge is -2.14. The van der Waals surface area contributed by atoms with Crippen molar-refractivity contribution < 1.29 is 0 Å². The first-order chi connectivity index (χ1) is 7.33. The van der Waals surface area contributed by atoms with Crippen LogP contribution in [0.3, 0.4) is 0 Å². The smallest absolute Gasteiger partial charge is 0.0710 e. The van der Waals surface area contributed by atoms with Gasteiger partial charge in [0.05, 0.1) is 6.04 Å². The number of benzene rings is 1. The molecule has 0 amide bonds. The van der Waals surface area contributed by atoms with Crippen molar-refractivity contribution in [3.63, 3.8) is 0 Å². The Morgan fingerprint density at radius 3 is 3.00 bits per heavy atom. The molecule has 0 bridgehead atoms. The molecule has 76 valence electrons. The average Bonchev–Trinajstić information content (AvgIpc) is 2.84. The third-order valence-corrected chi connectivity index (χ3v) is 2.78. The van der Waals surface area contributed by atoms with Gasteiger partial charge in [-0.15, -0.1) is 0 Å². The minimum atomic E-state index is 0.300. The summed E-state index contributed by atoms with van der Waals surface area (Å²) in [5.74, 6) is 0. The summed E-state index contributed by atoms with van der Waals surface area (Å²) < 4.78 is 0. The van der Waals surface area contributed by atoms with Crippen molar-refractivity contribution >= 4 is 10.9 Å². The van der Waals surface area contributed by atoms with E-state index < -0.39 is 0 Å². The molecule has 0 saturated carbocycles. The fraction of sp³-hybridized carbons (Fsp3) is 0.167. The summed E-state index contributed by atoms with van der Waals surface area (Å²) in [5.41, 5.74) is 5.82. The largest absolute Gasteiger partial charge is 0.361 e. The van der Waals surface area contributed by atoms with Gasteiger partial charge in [0.2, 0.25) is 0 Å². The van der Waals surface area contributed by atoms with Crippen LogP contribution in [0.15, 0.2) is 42.7 Å². The van der Waals surface area contributed by atoms with Crippen molar-refractivity contribution in [2.75, 3.05) is 7.05 Å². The maximum atomic E-state index is 3.34. The zero-order valence-corrected chi connectivity index (χ0v) is 8.57. The molecule has 15 heavy (non-hydrogen) atoms. The predicted molar refractivity (Wildman–Crippen MR) is 61.1 cm³/mol. The van der Waals surface area contributed by atoms with Gasteiger partial charge in [-0.1, -0.05) is 6.07 Å². The van der Waals surface area contributed by atoms with Gasteiger partial charge in [-0.3, -0.25) is 0 Å². The number of nitrogens with zero attached hydrogens (tertiary/aromatic N) is 1. The topological polar surface area (TPSA) is 31.1 Å². The molecule has 0 aliphatic carbocycles. The van der Waals surface area contributed by atoms with E-state index in [1.54, 1.807) is 0 Å². The molecule has 3 rings (SSSR count). The van der Waals surface area contributed by atoms with Gasteiger partial charge >= 0.3 is 0 Å². The van der Waals surface area contributed by atoms with Crippen molar-refractivity contribution in [2.45, 2.75) is 6.04 Å². The molecule has 0 saturated heterocycles. The van der Waals surface area contributed by atoms with Crippen LogP contribution in [-0.2, 0) is 0 Å². The number of hydrogen-bond acceptors (Lipinski definition) is 2. The maximum Gasteiger partial charge on any atom is 0.0710 e. The summed E-state index contributed by atoms with van der Waals surface area (Å²) in [6, 6.07) is 8.89. The van der Waals surface area contributed by atoms with E-state index in [1.807, 2.05) is 24.5 Å². The van der Waals surface area contributed by atoms with Crippen LogP contribution in [0.4, 0.5) is 0 Å². The third-order valence-electron chi connectivity index (χ3n) is 2.78. The van der Waals surface area contributed by atoms with Gasteiger partial charge in [-0.05, 0) is 35.2 Å². The Bertz CT molecular complexity index is 512. The molecule has 2 N–H and O–H groups in total. The molecule has 3 nitrogen and oxygen atoms in total. The predicted octanol–water partition coefficient (Wildman–Crippen LogP) is 2.17. The second kappa shape index (κ2) is 3.14. The molecule has 1 atom stereocenters. The van der Waals surface area contributed by atoms with E-state index in [0.717, 1.165) is 0 Å². The number of rotatable bonds is 1. The summed E-state index contributed by atoms with van der Waals surface area (Å²) in [4.78, 5) is 3.20. The van der Waals surface area contributed by atoms with Gasteiger partial charge in [0.1, 0.15) is 0 Å². The molecule has 1 aromatic heterocycles. The zero-order valence-electron chi connectivity index (χ0n) is 8.57. The molecule has 0 fully saturated rings. The highest BCUT2D eigenvalue weighted by molar-refractivity contribution is 5.80. The second-order valence-corrected chi connectivity index (χ2v) is 3.88. The van der Waals surface area contributed by atoms with Crippen LogP contribution >= 0.6 is 0 Å². The Morgan fingerprint density at radius 2 is 2.20 bits per heavy atom. The average molecular weight is 199 g/mol. The first-order valence-corrected chi connectivity index (χ1v) is 5.07. The van der Waals surface area contributed by atoms with Gasteiger partial charge in [0, 0.05) is 25.0 Å². The van der Waals surface area contributed by atoms with Gasteiger partial charge in [0.25, 0.3) is 0 Å². The Labute approximate surface area is 88.4 Å². The number of nitrogens with one attached hydrogen (secondary N) is 2. The van der Waals surface area contributed by atoms with E-state index in [1.165, 1.54) is 16.5 Å². The Hall–Kier alpha value is -1.74. The standard InChI is InChI=1S/C12H13N3/c1-15-7-5-12(14-15)9-2-3-11-10(8-9)4-6-13-11/h2-8,12-14H,1H3. The highest BCUT2D eigenvalue weighted by atomic mass is 15.5. The summed E-state index contributed by atoms with van der Waals surface area (Å²) in [6.07, 6.45) is 6.18. The fourth-order valence-electron chi connectivity index (χ4n) is 1.97. The molecule has 3 heteroatoms. The van der Waals surface area contributed by atoms with E-state index in [0.29, 0.717) is 6.04 Å². The molecule has 1 aliphatic heterocycles. The van der Waals surface area contributed by atoms with Gasteiger partial charge in [-0.25, -0.2) is 5.43 Å². The number of fused-ring (bicyclic) bond motifs is 1. The van der Waals surface area contributed by atoms with Gasteiger partial charge in [0.15, 0.2) is 0 Å². The van der Waals surface area contributed by atoms with Crippen molar-refractivity contribution in [2.24, 2.45) is 0 Å². The maximum absolute atomic E-state index is 3.34.